The molecule has 0 aliphatic carbocycles. The van der Waals surface area contributed by atoms with Gasteiger partial charge in [0.15, 0.2) is 0 Å². The highest BCUT2D eigenvalue weighted by Crippen LogP contribution is 2.29. The summed E-state index contributed by atoms with van der Waals surface area (Å²) in [5.41, 5.74) is 2.68. The van der Waals surface area contributed by atoms with Gasteiger partial charge in [-0.15, -0.1) is 22.7 Å². The van der Waals surface area contributed by atoms with Crippen molar-refractivity contribution in [1.82, 2.24) is 14.9 Å². The minimum atomic E-state index is -0.113. The maximum Gasteiger partial charge on any atom is 0.270 e. The third-order valence-electron chi connectivity index (χ3n) is 4.14. The first-order valence-corrected chi connectivity index (χ1v) is 9.79. The molecule has 0 radical (unpaired) electrons. The molecule has 126 valence electrons. The standard InChI is InChI=1S/C19H17N3OS2/c1-22-16-7-3-2-5-13(16)11-17(22)19-21-15(12-25-19)18(23)20-9-8-14-6-4-10-24-14/h2-7,10-12H,8-9H2,1H3,(H,20,23). The zero-order chi connectivity index (χ0) is 17.2. The first-order valence-electron chi connectivity index (χ1n) is 8.03. The summed E-state index contributed by atoms with van der Waals surface area (Å²) < 4.78 is 2.12. The van der Waals surface area contributed by atoms with Crippen LogP contribution in [0.4, 0.5) is 0 Å². The van der Waals surface area contributed by atoms with Gasteiger partial charge in [-0.3, -0.25) is 4.79 Å². The van der Waals surface area contributed by atoms with Crippen LogP contribution in [0.3, 0.4) is 0 Å². The predicted molar refractivity (Wildman–Crippen MR) is 104 cm³/mol. The third-order valence-corrected chi connectivity index (χ3v) is 5.95. The van der Waals surface area contributed by atoms with Gasteiger partial charge in [0.05, 0.1) is 5.69 Å². The van der Waals surface area contributed by atoms with Crippen LogP contribution in [0.15, 0.2) is 53.2 Å². The summed E-state index contributed by atoms with van der Waals surface area (Å²) in [6.45, 7) is 0.625. The summed E-state index contributed by atoms with van der Waals surface area (Å²) in [5, 5.41) is 8.87. The molecule has 6 heteroatoms. The fourth-order valence-electron chi connectivity index (χ4n) is 2.83. The summed E-state index contributed by atoms with van der Waals surface area (Å²) in [5.74, 6) is -0.113. The number of benzene rings is 1. The number of para-hydroxylation sites is 1. The van der Waals surface area contributed by atoms with Crippen molar-refractivity contribution in [3.05, 3.63) is 63.8 Å². The van der Waals surface area contributed by atoms with Gasteiger partial charge in [-0.1, -0.05) is 24.3 Å². The Morgan fingerprint density at radius 2 is 2.08 bits per heavy atom. The van der Waals surface area contributed by atoms with Crippen LogP contribution >= 0.6 is 22.7 Å². The summed E-state index contributed by atoms with van der Waals surface area (Å²) in [4.78, 5) is 18.1. The first kappa shape index (κ1) is 16.1. The number of carbonyl (C=O) groups excluding carboxylic acids is 1. The monoisotopic (exact) mass is 367 g/mol. The molecule has 0 fully saturated rings. The molecule has 0 bridgehead atoms. The largest absolute Gasteiger partial charge is 0.350 e. The molecule has 0 aliphatic rings. The maximum atomic E-state index is 12.3. The van der Waals surface area contributed by atoms with E-state index in [0.717, 1.165) is 22.6 Å². The topological polar surface area (TPSA) is 46.9 Å². The molecule has 0 atom stereocenters. The summed E-state index contributed by atoms with van der Waals surface area (Å²) in [6.07, 6.45) is 0.851. The first-order chi connectivity index (χ1) is 12.2. The van der Waals surface area contributed by atoms with Gasteiger partial charge in [-0.05, 0) is 30.0 Å². The molecule has 0 saturated heterocycles. The summed E-state index contributed by atoms with van der Waals surface area (Å²) >= 11 is 3.21. The average Bonchev–Trinajstić information content (AvgIpc) is 3.35. The van der Waals surface area contributed by atoms with Gasteiger partial charge < -0.3 is 9.88 Å². The quantitative estimate of drug-likeness (QED) is 0.570. The number of hydrogen-bond donors (Lipinski definition) is 1. The zero-order valence-electron chi connectivity index (χ0n) is 13.7. The van der Waals surface area contributed by atoms with E-state index in [9.17, 15) is 4.79 Å². The molecule has 4 aromatic rings. The number of nitrogens with zero attached hydrogens (tertiary/aromatic N) is 2. The highest BCUT2D eigenvalue weighted by molar-refractivity contribution is 7.13. The second kappa shape index (κ2) is 6.82. The Labute approximate surface area is 153 Å². The zero-order valence-corrected chi connectivity index (χ0v) is 15.4. The molecular formula is C19H17N3OS2. The number of nitrogens with one attached hydrogen (secondary N) is 1. The molecule has 3 heterocycles. The molecule has 1 amide bonds. The van der Waals surface area contributed by atoms with Crippen molar-refractivity contribution in [2.24, 2.45) is 7.05 Å². The van der Waals surface area contributed by atoms with Crippen LogP contribution in [0, 0.1) is 0 Å². The number of aryl methyl sites for hydroxylation is 1. The Morgan fingerprint density at radius 1 is 1.20 bits per heavy atom. The number of carbonyl (C=O) groups is 1. The second-order valence-electron chi connectivity index (χ2n) is 5.77. The van der Waals surface area contributed by atoms with Crippen molar-refractivity contribution in [3.63, 3.8) is 0 Å². The number of aromatic nitrogens is 2. The Balaban J connectivity index is 1.49. The Kier molecular flexibility index (Phi) is 4.38. The number of hydrogen-bond acceptors (Lipinski definition) is 4. The lowest BCUT2D eigenvalue weighted by Crippen LogP contribution is -2.25. The van der Waals surface area contributed by atoms with E-state index in [4.69, 9.17) is 0 Å². The van der Waals surface area contributed by atoms with Crippen LogP contribution in [0.25, 0.3) is 21.6 Å². The van der Waals surface area contributed by atoms with Crippen molar-refractivity contribution in [2.75, 3.05) is 6.54 Å². The van der Waals surface area contributed by atoms with E-state index in [0.29, 0.717) is 12.2 Å². The summed E-state index contributed by atoms with van der Waals surface area (Å²) in [6, 6.07) is 14.5. The van der Waals surface area contributed by atoms with E-state index in [1.165, 1.54) is 21.6 Å². The molecule has 25 heavy (non-hydrogen) atoms. The molecule has 0 saturated carbocycles. The van der Waals surface area contributed by atoms with Crippen molar-refractivity contribution in [1.29, 1.82) is 0 Å². The molecule has 1 N–H and O–H groups in total. The van der Waals surface area contributed by atoms with E-state index in [1.54, 1.807) is 11.3 Å². The van der Waals surface area contributed by atoms with Crippen LogP contribution in [0.1, 0.15) is 15.4 Å². The number of thiazole rings is 1. The Hall–Kier alpha value is -2.44. The average molecular weight is 367 g/mol. The highest BCUT2D eigenvalue weighted by atomic mass is 32.1. The fraction of sp³-hybridized carbons (Fsp3) is 0.158. The van der Waals surface area contributed by atoms with Gasteiger partial charge in [0.1, 0.15) is 10.7 Å². The number of thiophene rings is 1. The minimum Gasteiger partial charge on any atom is -0.350 e. The molecular weight excluding hydrogens is 350 g/mol. The minimum absolute atomic E-state index is 0.113. The lowest BCUT2D eigenvalue weighted by molar-refractivity contribution is 0.0950. The van der Waals surface area contributed by atoms with Crippen molar-refractivity contribution in [3.8, 4) is 10.7 Å². The SMILES string of the molecule is Cn1c(-c2nc(C(=O)NCCc3cccs3)cs2)cc2ccccc21. The molecule has 0 spiro atoms. The smallest absolute Gasteiger partial charge is 0.270 e. The lowest BCUT2D eigenvalue weighted by Gasteiger charge is -2.02. The van der Waals surface area contributed by atoms with Gasteiger partial charge in [-0.25, -0.2) is 4.98 Å². The van der Waals surface area contributed by atoms with Crippen LogP contribution in [-0.2, 0) is 13.5 Å². The molecule has 4 rings (SSSR count). The third kappa shape index (κ3) is 3.23. The second-order valence-corrected chi connectivity index (χ2v) is 7.66. The van der Waals surface area contributed by atoms with E-state index >= 15 is 0 Å². The predicted octanol–water partition coefficient (Wildman–Crippen LogP) is 4.34. The Bertz CT molecular complexity index is 1010. The molecule has 4 nitrogen and oxygen atoms in total. The fourth-order valence-corrected chi connectivity index (χ4v) is 4.39. The Morgan fingerprint density at radius 3 is 2.88 bits per heavy atom. The van der Waals surface area contributed by atoms with Crippen molar-refractivity contribution in [2.45, 2.75) is 6.42 Å². The van der Waals surface area contributed by atoms with Gasteiger partial charge in [0.25, 0.3) is 5.91 Å². The number of fused-ring (bicyclic) bond motifs is 1. The van der Waals surface area contributed by atoms with Crippen LogP contribution in [-0.4, -0.2) is 22.0 Å². The summed E-state index contributed by atoms with van der Waals surface area (Å²) in [7, 11) is 2.03. The van der Waals surface area contributed by atoms with Crippen LogP contribution in [0.5, 0.6) is 0 Å². The molecule has 1 aromatic carbocycles. The van der Waals surface area contributed by atoms with Gasteiger partial charge in [0, 0.05) is 34.8 Å². The van der Waals surface area contributed by atoms with Crippen molar-refractivity contribution < 1.29 is 4.79 Å². The molecule has 3 aromatic heterocycles. The van der Waals surface area contributed by atoms with E-state index in [2.05, 4.69) is 39.1 Å². The van der Waals surface area contributed by atoms with E-state index < -0.39 is 0 Å². The van der Waals surface area contributed by atoms with Crippen LogP contribution in [0.2, 0.25) is 0 Å². The van der Waals surface area contributed by atoms with Crippen LogP contribution < -0.4 is 5.32 Å². The normalized spacial score (nSPS) is 11.1. The number of rotatable bonds is 5. The highest BCUT2D eigenvalue weighted by Gasteiger charge is 2.15. The maximum absolute atomic E-state index is 12.3. The number of amides is 1. The van der Waals surface area contributed by atoms with Gasteiger partial charge >= 0.3 is 0 Å². The molecule has 0 aliphatic heterocycles. The van der Waals surface area contributed by atoms with Crippen molar-refractivity contribution >= 4 is 39.5 Å². The van der Waals surface area contributed by atoms with E-state index in [1.807, 2.05) is 36.0 Å². The van der Waals surface area contributed by atoms with Gasteiger partial charge in [0.2, 0.25) is 0 Å². The lowest BCUT2D eigenvalue weighted by atomic mass is 10.2. The molecule has 0 unspecified atom stereocenters. The van der Waals surface area contributed by atoms with Gasteiger partial charge in [-0.2, -0.15) is 0 Å². The van der Waals surface area contributed by atoms with E-state index in [-0.39, 0.29) is 5.91 Å².